The van der Waals surface area contributed by atoms with Crippen molar-refractivity contribution >= 4 is 45.1 Å². The van der Waals surface area contributed by atoms with E-state index in [-0.39, 0.29) is 5.91 Å². The lowest BCUT2D eigenvalue weighted by Crippen LogP contribution is -2.16. The summed E-state index contributed by atoms with van der Waals surface area (Å²) in [6.07, 6.45) is 8.61. The van der Waals surface area contributed by atoms with Gasteiger partial charge in [0, 0.05) is 11.1 Å². The summed E-state index contributed by atoms with van der Waals surface area (Å²) >= 11 is 7.57. The minimum Gasteiger partial charge on any atom is -0.304 e. The molecule has 0 N–H and O–H groups in total. The van der Waals surface area contributed by atoms with Crippen LogP contribution < -0.4 is 4.80 Å². The lowest BCUT2D eigenvalue weighted by atomic mass is 10.1. The molecule has 2 aromatic carbocycles. The number of halogens is 1. The van der Waals surface area contributed by atoms with E-state index in [9.17, 15) is 4.79 Å². The average Bonchev–Trinajstić information content (AvgIpc) is 2.92. The summed E-state index contributed by atoms with van der Waals surface area (Å²) in [5.74, 6) is 2.30. The topological polar surface area (TPSA) is 34.4 Å². The lowest BCUT2D eigenvalue weighted by molar-refractivity contribution is -0.113. The number of thiazole rings is 1. The number of amides is 1. The maximum atomic E-state index is 12.3. The van der Waals surface area contributed by atoms with Crippen molar-refractivity contribution in [2.24, 2.45) is 4.99 Å². The van der Waals surface area contributed by atoms with Crippen molar-refractivity contribution in [3.8, 4) is 12.3 Å². The van der Waals surface area contributed by atoms with E-state index in [4.69, 9.17) is 18.0 Å². The minimum atomic E-state index is -0.350. The Balaban J connectivity index is 2.05. The highest BCUT2D eigenvalue weighted by atomic mass is 35.5. The Kier molecular flexibility index (Phi) is 5.41. The van der Waals surface area contributed by atoms with Gasteiger partial charge in [-0.25, -0.2) is 0 Å². The van der Waals surface area contributed by atoms with Gasteiger partial charge in [-0.05, 0) is 48.7 Å². The Labute approximate surface area is 161 Å². The molecule has 130 valence electrons. The molecule has 0 radical (unpaired) electrons. The van der Waals surface area contributed by atoms with Gasteiger partial charge in [-0.2, -0.15) is 4.99 Å². The zero-order chi connectivity index (χ0) is 18.7. The number of carbonyl (C=O) groups is 1. The molecule has 0 saturated heterocycles. The van der Waals surface area contributed by atoms with Crippen molar-refractivity contribution in [2.75, 3.05) is 0 Å². The molecular formula is C21H17ClN2OS. The molecule has 0 bridgehead atoms. The van der Waals surface area contributed by atoms with Gasteiger partial charge >= 0.3 is 0 Å². The fraction of sp³-hybridized carbons (Fsp3) is 0.143. The molecule has 0 atom stereocenters. The molecule has 0 fully saturated rings. The molecule has 0 aliphatic heterocycles. The molecule has 3 nitrogen and oxygen atoms in total. The second-order valence-corrected chi connectivity index (χ2v) is 7.32. The number of fused-ring (bicyclic) bond motifs is 1. The van der Waals surface area contributed by atoms with Crippen LogP contribution in [-0.2, 0) is 11.3 Å². The van der Waals surface area contributed by atoms with Crippen LogP contribution in [0.3, 0.4) is 0 Å². The Morgan fingerprint density at radius 3 is 2.85 bits per heavy atom. The van der Waals surface area contributed by atoms with Gasteiger partial charge in [0.2, 0.25) is 0 Å². The number of hydrogen-bond acceptors (Lipinski definition) is 2. The Bertz CT molecular complexity index is 1130. The zero-order valence-electron chi connectivity index (χ0n) is 14.5. The lowest BCUT2D eigenvalue weighted by Gasteiger charge is -2.04. The second-order valence-electron chi connectivity index (χ2n) is 5.91. The van der Waals surface area contributed by atoms with E-state index in [1.807, 2.05) is 36.6 Å². The van der Waals surface area contributed by atoms with E-state index < -0.39 is 0 Å². The molecule has 0 aliphatic carbocycles. The van der Waals surface area contributed by atoms with Crippen LogP contribution in [-0.4, -0.2) is 10.5 Å². The van der Waals surface area contributed by atoms with Crippen molar-refractivity contribution in [1.82, 2.24) is 4.57 Å². The third-order valence-electron chi connectivity index (χ3n) is 3.88. The van der Waals surface area contributed by atoms with E-state index in [0.29, 0.717) is 16.4 Å². The number of aryl methyl sites for hydroxylation is 2. The largest absolute Gasteiger partial charge is 0.304 e. The van der Waals surface area contributed by atoms with Crippen LogP contribution in [0.1, 0.15) is 16.7 Å². The number of terminal acetylenes is 1. The zero-order valence-corrected chi connectivity index (χ0v) is 16.1. The molecule has 1 aromatic heterocycles. The van der Waals surface area contributed by atoms with Crippen LogP contribution in [0.2, 0.25) is 5.02 Å². The Morgan fingerprint density at radius 1 is 1.35 bits per heavy atom. The van der Waals surface area contributed by atoms with Crippen LogP contribution in [0.4, 0.5) is 0 Å². The molecule has 1 heterocycles. The van der Waals surface area contributed by atoms with Gasteiger partial charge in [0.15, 0.2) is 4.80 Å². The number of aromatic nitrogens is 1. The first-order valence-electron chi connectivity index (χ1n) is 8.05. The van der Waals surface area contributed by atoms with Crippen molar-refractivity contribution in [3.05, 3.63) is 69.0 Å². The molecule has 0 aliphatic rings. The van der Waals surface area contributed by atoms with Gasteiger partial charge < -0.3 is 4.57 Å². The van der Waals surface area contributed by atoms with Gasteiger partial charge in [0.05, 0.1) is 16.8 Å². The van der Waals surface area contributed by atoms with E-state index in [1.165, 1.54) is 23.0 Å². The van der Waals surface area contributed by atoms with Gasteiger partial charge in [0.1, 0.15) is 0 Å². The first-order chi connectivity index (χ1) is 12.5. The number of rotatable bonds is 3. The number of nitrogens with zero attached hydrogens (tertiary/aromatic N) is 2. The summed E-state index contributed by atoms with van der Waals surface area (Å²) < 4.78 is 2.98. The summed E-state index contributed by atoms with van der Waals surface area (Å²) in [6.45, 7) is 4.45. The predicted molar refractivity (Wildman–Crippen MR) is 109 cm³/mol. The van der Waals surface area contributed by atoms with E-state index in [1.54, 1.807) is 12.1 Å². The first kappa shape index (κ1) is 18.2. The van der Waals surface area contributed by atoms with Gasteiger partial charge in [-0.1, -0.05) is 53.1 Å². The second kappa shape index (κ2) is 7.74. The quantitative estimate of drug-likeness (QED) is 0.477. The maximum absolute atomic E-state index is 12.3. The van der Waals surface area contributed by atoms with Crippen LogP contribution in [0.5, 0.6) is 0 Å². The van der Waals surface area contributed by atoms with E-state index in [2.05, 4.69) is 23.0 Å². The van der Waals surface area contributed by atoms with Gasteiger partial charge in [-0.15, -0.1) is 6.42 Å². The van der Waals surface area contributed by atoms with Crippen molar-refractivity contribution in [1.29, 1.82) is 0 Å². The Hall–Kier alpha value is -2.61. The number of carbonyl (C=O) groups excluding carboxylic acids is 1. The highest BCUT2D eigenvalue weighted by Gasteiger charge is 2.09. The van der Waals surface area contributed by atoms with E-state index >= 15 is 0 Å². The van der Waals surface area contributed by atoms with Crippen LogP contribution >= 0.6 is 22.9 Å². The van der Waals surface area contributed by atoms with Crippen molar-refractivity contribution in [3.63, 3.8) is 0 Å². The normalized spacial score (nSPS) is 12.0. The monoisotopic (exact) mass is 380 g/mol. The van der Waals surface area contributed by atoms with Gasteiger partial charge in [0.25, 0.3) is 5.91 Å². The predicted octanol–water partition coefficient (Wildman–Crippen LogP) is 4.75. The molecule has 0 spiro atoms. The van der Waals surface area contributed by atoms with E-state index in [0.717, 1.165) is 21.3 Å². The number of hydrogen-bond donors (Lipinski definition) is 0. The van der Waals surface area contributed by atoms with Crippen LogP contribution in [0.15, 0.2) is 47.5 Å². The average molecular weight is 381 g/mol. The third kappa shape index (κ3) is 3.80. The summed E-state index contributed by atoms with van der Waals surface area (Å²) in [7, 11) is 0. The minimum absolute atomic E-state index is 0.350. The smallest absolute Gasteiger partial charge is 0.272 e. The highest BCUT2D eigenvalue weighted by molar-refractivity contribution is 7.16. The standard InChI is InChI=1S/C21H17ClN2OS/c1-4-11-24-20-15(3)12-14(2)13-18(20)26-21(24)23-19(25)10-9-16-7-5-6-8-17(16)22/h1,5-10,12-13H,11H2,2-3H3/b10-9+,23-21?. The Morgan fingerprint density at radius 2 is 2.12 bits per heavy atom. The maximum Gasteiger partial charge on any atom is 0.272 e. The molecule has 0 unspecified atom stereocenters. The molecule has 1 amide bonds. The molecule has 3 rings (SSSR count). The fourth-order valence-electron chi connectivity index (χ4n) is 2.82. The summed E-state index contributed by atoms with van der Waals surface area (Å²) in [5.41, 5.74) is 4.09. The SMILES string of the molecule is C#CCn1c(=NC(=O)/C=C/c2ccccc2Cl)sc2cc(C)cc(C)c21. The van der Waals surface area contributed by atoms with Gasteiger partial charge in [-0.3, -0.25) is 4.79 Å². The first-order valence-corrected chi connectivity index (χ1v) is 9.24. The molecule has 3 aromatic rings. The molecule has 26 heavy (non-hydrogen) atoms. The van der Waals surface area contributed by atoms with Crippen molar-refractivity contribution < 1.29 is 4.79 Å². The van der Waals surface area contributed by atoms with Crippen LogP contribution in [0, 0.1) is 26.2 Å². The third-order valence-corrected chi connectivity index (χ3v) is 5.25. The molecule has 5 heteroatoms. The number of benzene rings is 2. The molecular weight excluding hydrogens is 364 g/mol. The highest BCUT2D eigenvalue weighted by Crippen LogP contribution is 2.23. The molecule has 0 saturated carbocycles. The van der Waals surface area contributed by atoms with Crippen LogP contribution in [0.25, 0.3) is 16.3 Å². The summed E-state index contributed by atoms with van der Waals surface area (Å²) in [5, 5.41) is 0.590. The fourth-order valence-corrected chi connectivity index (χ4v) is 4.23. The summed E-state index contributed by atoms with van der Waals surface area (Å²) in [4.78, 5) is 17.2. The van der Waals surface area contributed by atoms with Crippen molar-refractivity contribution in [2.45, 2.75) is 20.4 Å². The summed E-state index contributed by atoms with van der Waals surface area (Å²) in [6, 6.07) is 11.5.